The summed E-state index contributed by atoms with van der Waals surface area (Å²) in [6.07, 6.45) is 5.54. The Morgan fingerprint density at radius 1 is 1.62 bits per heavy atom. The first-order chi connectivity index (χ1) is 6.20. The van der Waals surface area contributed by atoms with E-state index < -0.39 is 0 Å². The largest absolute Gasteiger partial charge is 0.265 e. The molecular formula is C10H14NO2. The average molecular weight is 180 g/mol. The number of fused-ring (bicyclic) bond motifs is 1. The van der Waals surface area contributed by atoms with Crippen LogP contribution in [0.3, 0.4) is 0 Å². The molecule has 2 aliphatic carbocycles. The van der Waals surface area contributed by atoms with Crippen LogP contribution in [0.5, 0.6) is 0 Å². The van der Waals surface area contributed by atoms with Crippen LogP contribution in [0, 0.1) is 27.9 Å². The number of nitro groups is 1. The normalized spacial score (nSPS) is 32.2. The summed E-state index contributed by atoms with van der Waals surface area (Å²) in [5.74, 6) is 2.31. The summed E-state index contributed by atoms with van der Waals surface area (Å²) >= 11 is 0. The van der Waals surface area contributed by atoms with Crippen LogP contribution in [0.25, 0.3) is 0 Å². The standard InChI is InChI=1S/C10H14NO2/c1-2-7-3-8-5-9(6-11(12)13)10(8)4-7/h4,8,10H,2-3,5-6H2,1H3. The Hall–Kier alpha value is -0.860. The van der Waals surface area contributed by atoms with Crippen LogP contribution in [-0.4, -0.2) is 11.5 Å². The second-order valence-electron chi connectivity index (χ2n) is 4.02. The van der Waals surface area contributed by atoms with Gasteiger partial charge in [0.1, 0.15) is 0 Å². The van der Waals surface area contributed by atoms with Crippen molar-refractivity contribution in [2.24, 2.45) is 11.8 Å². The molecule has 0 spiro atoms. The lowest BCUT2D eigenvalue weighted by Gasteiger charge is -2.36. The fourth-order valence-corrected chi connectivity index (χ4v) is 2.48. The van der Waals surface area contributed by atoms with E-state index in [9.17, 15) is 10.1 Å². The van der Waals surface area contributed by atoms with E-state index in [1.165, 1.54) is 12.0 Å². The van der Waals surface area contributed by atoms with Gasteiger partial charge in [-0.15, -0.1) is 0 Å². The molecule has 1 saturated carbocycles. The molecule has 1 radical (unpaired) electrons. The second-order valence-corrected chi connectivity index (χ2v) is 4.02. The SMILES string of the molecule is CCC1=CC2[C](C[N+](=O)[O-])CC2C1. The van der Waals surface area contributed by atoms with Crippen molar-refractivity contribution >= 4 is 0 Å². The Labute approximate surface area is 78.0 Å². The minimum atomic E-state index is -0.205. The van der Waals surface area contributed by atoms with Gasteiger partial charge < -0.3 is 0 Å². The maximum atomic E-state index is 10.3. The quantitative estimate of drug-likeness (QED) is 0.379. The van der Waals surface area contributed by atoms with E-state index >= 15 is 0 Å². The van der Waals surface area contributed by atoms with Crippen molar-refractivity contribution in [2.75, 3.05) is 6.54 Å². The molecule has 2 atom stereocenters. The molecule has 0 N–H and O–H groups in total. The predicted molar refractivity (Wildman–Crippen MR) is 49.7 cm³/mol. The molecule has 2 rings (SSSR count). The molecule has 1 fully saturated rings. The Balaban J connectivity index is 1.93. The molecule has 0 saturated heterocycles. The number of rotatable bonds is 3. The zero-order valence-electron chi connectivity index (χ0n) is 7.82. The van der Waals surface area contributed by atoms with E-state index in [-0.39, 0.29) is 11.5 Å². The van der Waals surface area contributed by atoms with Crippen molar-refractivity contribution in [2.45, 2.75) is 26.2 Å². The first-order valence-electron chi connectivity index (χ1n) is 4.86. The second kappa shape index (κ2) is 3.13. The van der Waals surface area contributed by atoms with Crippen molar-refractivity contribution in [1.82, 2.24) is 0 Å². The van der Waals surface area contributed by atoms with Crippen LogP contribution in [0.15, 0.2) is 11.6 Å². The Morgan fingerprint density at radius 3 is 3.00 bits per heavy atom. The lowest BCUT2D eigenvalue weighted by Crippen LogP contribution is -2.35. The zero-order valence-corrected chi connectivity index (χ0v) is 7.82. The maximum Gasteiger partial charge on any atom is 0.210 e. The zero-order chi connectivity index (χ0) is 9.42. The molecule has 3 heteroatoms. The number of nitrogens with zero attached hydrogens (tertiary/aromatic N) is 1. The van der Waals surface area contributed by atoms with Gasteiger partial charge in [-0.2, -0.15) is 0 Å². The lowest BCUT2D eigenvalue weighted by molar-refractivity contribution is -0.478. The van der Waals surface area contributed by atoms with E-state index in [0.717, 1.165) is 18.8 Å². The topological polar surface area (TPSA) is 43.1 Å². The third kappa shape index (κ3) is 1.47. The molecular weight excluding hydrogens is 166 g/mol. The fourth-order valence-electron chi connectivity index (χ4n) is 2.48. The van der Waals surface area contributed by atoms with Gasteiger partial charge in [-0.05, 0) is 31.1 Å². The molecule has 0 amide bonds. The van der Waals surface area contributed by atoms with Gasteiger partial charge in [-0.1, -0.05) is 18.6 Å². The molecule has 0 aromatic carbocycles. The fraction of sp³-hybridized carbons (Fsp3) is 0.700. The highest BCUT2D eigenvalue weighted by molar-refractivity contribution is 5.28. The Morgan fingerprint density at radius 2 is 2.38 bits per heavy atom. The molecule has 0 aromatic heterocycles. The van der Waals surface area contributed by atoms with Crippen molar-refractivity contribution < 1.29 is 4.92 Å². The summed E-state index contributed by atoms with van der Waals surface area (Å²) in [6, 6.07) is 0. The maximum absolute atomic E-state index is 10.3. The first kappa shape index (κ1) is 8.73. The van der Waals surface area contributed by atoms with Crippen LogP contribution in [-0.2, 0) is 0 Å². The molecule has 13 heavy (non-hydrogen) atoms. The lowest BCUT2D eigenvalue weighted by atomic mass is 9.66. The Bertz CT molecular complexity index is 260. The van der Waals surface area contributed by atoms with Crippen molar-refractivity contribution in [1.29, 1.82) is 0 Å². The molecule has 0 aliphatic heterocycles. The summed E-state index contributed by atoms with van der Waals surface area (Å²) in [7, 11) is 0. The van der Waals surface area contributed by atoms with Crippen molar-refractivity contribution in [3.63, 3.8) is 0 Å². The van der Waals surface area contributed by atoms with E-state index in [4.69, 9.17) is 0 Å². The van der Waals surface area contributed by atoms with Crippen LogP contribution >= 0.6 is 0 Å². The minimum Gasteiger partial charge on any atom is -0.265 e. The number of allylic oxidation sites excluding steroid dienone is 2. The van der Waals surface area contributed by atoms with E-state index in [1.54, 1.807) is 0 Å². The number of hydrogen-bond acceptors (Lipinski definition) is 2. The van der Waals surface area contributed by atoms with E-state index in [0.29, 0.717) is 11.8 Å². The van der Waals surface area contributed by atoms with Gasteiger partial charge in [0.05, 0.1) is 5.92 Å². The van der Waals surface area contributed by atoms with Gasteiger partial charge in [-0.3, -0.25) is 10.1 Å². The van der Waals surface area contributed by atoms with Crippen LogP contribution in [0.4, 0.5) is 0 Å². The third-order valence-corrected chi connectivity index (χ3v) is 3.23. The summed E-state index contributed by atoms with van der Waals surface area (Å²) < 4.78 is 0. The summed E-state index contributed by atoms with van der Waals surface area (Å²) in [6.45, 7) is 2.25. The smallest absolute Gasteiger partial charge is 0.210 e. The van der Waals surface area contributed by atoms with E-state index in [2.05, 4.69) is 13.0 Å². The van der Waals surface area contributed by atoms with Gasteiger partial charge in [0, 0.05) is 4.92 Å². The molecule has 0 aromatic rings. The van der Waals surface area contributed by atoms with Crippen LogP contribution < -0.4 is 0 Å². The van der Waals surface area contributed by atoms with Crippen LogP contribution in [0.1, 0.15) is 26.2 Å². The molecule has 2 aliphatic rings. The van der Waals surface area contributed by atoms with Crippen molar-refractivity contribution in [3.8, 4) is 0 Å². The highest BCUT2D eigenvalue weighted by atomic mass is 16.6. The first-order valence-corrected chi connectivity index (χ1v) is 4.86. The molecule has 71 valence electrons. The van der Waals surface area contributed by atoms with Gasteiger partial charge in [-0.25, -0.2) is 0 Å². The third-order valence-electron chi connectivity index (χ3n) is 3.23. The van der Waals surface area contributed by atoms with Gasteiger partial charge in [0.15, 0.2) is 0 Å². The average Bonchev–Trinajstić information content (AvgIpc) is 2.38. The monoisotopic (exact) mass is 180 g/mol. The number of hydrogen-bond donors (Lipinski definition) is 0. The molecule has 2 unspecified atom stereocenters. The van der Waals surface area contributed by atoms with Gasteiger partial charge in [0.2, 0.25) is 6.54 Å². The van der Waals surface area contributed by atoms with Crippen molar-refractivity contribution in [3.05, 3.63) is 27.7 Å². The summed E-state index contributed by atoms with van der Waals surface area (Å²) in [5.41, 5.74) is 1.49. The minimum absolute atomic E-state index is 0.0919. The van der Waals surface area contributed by atoms with Gasteiger partial charge in [0.25, 0.3) is 0 Å². The Kier molecular flexibility index (Phi) is 2.10. The molecule has 0 bridgehead atoms. The summed E-state index contributed by atoms with van der Waals surface area (Å²) in [4.78, 5) is 10.1. The van der Waals surface area contributed by atoms with Gasteiger partial charge >= 0.3 is 0 Å². The molecule has 0 heterocycles. The predicted octanol–water partition coefficient (Wildman–Crippen LogP) is 2.21. The molecule has 3 nitrogen and oxygen atoms in total. The van der Waals surface area contributed by atoms with Crippen LogP contribution in [0.2, 0.25) is 0 Å². The highest BCUT2D eigenvalue weighted by Crippen LogP contribution is 2.51. The summed E-state index contributed by atoms with van der Waals surface area (Å²) in [5, 5.41) is 10.3. The highest BCUT2D eigenvalue weighted by Gasteiger charge is 2.45. The van der Waals surface area contributed by atoms with E-state index in [1.807, 2.05) is 0 Å².